The molecule has 0 spiro atoms. The van der Waals surface area contributed by atoms with Crippen molar-refractivity contribution >= 4 is 22.9 Å². The van der Waals surface area contributed by atoms with Crippen LogP contribution in [0.1, 0.15) is 40.9 Å². The number of nitrogens with zero attached hydrogens (tertiary/aromatic N) is 2. The zero-order valence-electron chi connectivity index (χ0n) is 10.2. The lowest BCUT2D eigenvalue weighted by Gasteiger charge is -1.99. The number of hydrogen-bond donors (Lipinski definition) is 1. The molecule has 5 heteroatoms. The van der Waals surface area contributed by atoms with Crippen molar-refractivity contribution in [2.75, 3.05) is 5.32 Å². The maximum absolute atomic E-state index is 12.0. The van der Waals surface area contributed by atoms with Crippen molar-refractivity contribution in [3.8, 4) is 0 Å². The molecule has 0 atom stereocenters. The first-order valence-electron chi connectivity index (χ1n) is 6.18. The van der Waals surface area contributed by atoms with Crippen LogP contribution in [0.4, 0.5) is 5.69 Å². The lowest BCUT2D eigenvalue weighted by molar-refractivity contribution is 0.102. The summed E-state index contributed by atoms with van der Waals surface area (Å²) in [4.78, 5) is 13.4. The second-order valence-electron chi connectivity index (χ2n) is 4.55. The van der Waals surface area contributed by atoms with Gasteiger partial charge in [-0.25, -0.2) is 0 Å². The molecule has 3 rings (SSSR count). The summed E-state index contributed by atoms with van der Waals surface area (Å²) in [6, 6.07) is 2.02. The third-order valence-electron chi connectivity index (χ3n) is 3.08. The Kier molecular flexibility index (Phi) is 2.91. The maximum Gasteiger partial charge on any atom is 0.256 e. The predicted octanol–water partition coefficient (Wildman–Crippen LogP) is 3.09. The summed E-state index contributed by atoms with van der Waals surface area (Å²) in [6.45, 7) is 2.82. The summed E-state index contributed by atoms with van der Waals surface area (Å²) in [5.41, 5.74) is 1.51. The van der Waals surface area contributed by atoms with Crippen molar-refractivity contribution in [3.63, 3.8) is 0 Å². The average Bonchev–Trinajstić information content (AvgIpc) is 2.93. The van der Waals surface area contributed by atoms with E-state index >= 15 is 0 Å². The second-order valence-corrected chi connectivity index (χ2v) is 5.49. The van der Waals surface area contributed by atoms with E-state index in [1.807, 2.05) is 24.6 Å². The predicted molar refractivity (Wildman–Crippen MR) is 72.1 cm³/mol. The molecule has 0 aliphatic heterocycles. The first kappa shape index (κ1) is 11.5. The standard InChI is InChI=1S/C13H15N3OS/c1-2-16-7-11(6-14-16)15-13(17)10-5-12(18-8-10)9-3-4-9/h5-9H,2-4H2,1H3,(H,15,17). The van der Waals surface area contributed by atoms with Crippen LogP contribution in [-0.2, 0) is 6.54 Å². The summed E-state index contributed by atoms with van der Waals surface area (Å²) < 4.78 is 1.79. The van der Waals surface area contributed by atoms with Crippen molar-refractivity contribution in [1.82, 2.24) is 9.78 Å². The van der Waals surface area contributed by atoms with Gasteiger partial charge in [0.25, 0.3) is 5.91 Å². The molecule has 1 aliphatic carbocycles. The molecular formula is C13H15N3OS. The van der Waals surface area contributed by atoms with Crippen molar-refractivity contribution in [3.05, 3.63) is 34.3 Å². The molecule has 1 fully saturated rings. The van der Waals surface area contributed by atoms with Crippen LogP contribution in [-0.4, -0.2) is 15.7 Å². The number of thiophene rings is 1. The minimum Gasteiger partial charge on any atom is -0.319 e. The van der Waals surface area contributed by atoms with Gasteiger partial charge in [-0.1, -0.05) is 0 Å². The van der Waals surface area contributed by atoms with Crippen molar-refractivity contribution in [2.45, 2.75) is 32.2 Å². The van der Waals surface area contributed by atoms with Crippen molar-refractivity contribution < 1.29 is 4.79 Å². The highest BCUT2D eigenvalue weighted by molar-refractivity contribution is 7.10. The Hall–Kier alpha value is -1.62. The van der Waals surface area contributed by atoms with Gasteiger partial charge in [-0.3, -0.25) is 9.48 Å². The van der Waals surface area contributed by atoms with Crippen LogP contribution in [0.15, 0.2) is 23.8 Å². The monoisotopic (exact) mass is 261 g/mol. The van der Waals surface area contributed by atoms with E-state index < -0.39 is 0 Å². The lowest BCUT2D eigenvalue weighted by Crippen LogP contribution is -2.10. The fraction of sp³-hybridized carbons (Fsp3) is 0.385. The molecule has 0 saturated heterocycles. The topological polar surface area (TPSA) is 46.9 Å². The molecule has 18 heavy (non-hydrogen) atoms. The Labute approximate surface area is 110 Å². The maximum atomic E-state index is 12.0. The van der Waals surface area contributed by atoms with Gasteiger partial charge in [0, 0.05) is 23.0 Å². The van der Waals surface area contributed by atoms with E-state index in [0.717, 1.165) is 17.8 Å². The molecule has 2 aromatic heterocycles. The molecule has 4 nitrogen and oxygen atoms in total. The van der Waals surface area contributed by atoms with E-state index in [1.165, 1.54) is 17.7 Å². The van der Waals surface area contributed by atoms with Gasteiger partial charge in [-0.2, -0.15) is 5.10 Å². The summed E-state index contributed by atoms with van der Waals surface area (Å²) in [5, 5.41) is 8.94. The minimum atomic E-state index is -0.0474. The average molecular weight is 261 g/mol. The smallest absolute Gasteiger partial charge is 0.256 e. The quantitative estimate of drug-likeness (QED) is 0.919. The Balaban J connectivity index is 1.69. The Morgan fingerprint density at radius 3 is 3.11 bits per heavy atom. The number of hydrogen-bond acceptors (Lipinski definition) is 3. The highest BCUT2D eigenvalue weighted by Crippen LogP contribution is 2.42. The highest BCUT2D eigenvalue weighted by atomic mass is 32.1. The Morgan fingerprint density at radius 2 is 2.44 bits per heavy atom. The first-order valence-corrected chi connectivity index (χ1v) is 7.06. The highest BCUT2D eigenvalue weighted by Gasteiger charge is 2.25. The molecule has 1 amide bonds. The molecule has 1 N–H and O–H groups in total. The van der Waals surface area contributed by atoms with Crippen molar-refractivity contribution in [1.29, 1.82) is 0 Å². The van der Waals surface area contributed by atoms with Crippen LogP contribution in [0.3, 0.4) is 0 Å². The number of amides is 1. The van der Waals surface area contributed by atoms with Crippen molar-refractivity contribution in [2.24, 2.45) is 0 Å². The number of anilines is 1. The van der Waals surface area contributed by atoms with E-state index in [4.69, 9.17) is 0 Å². The fourth-order valence-corrected chi connectivity index (χ4v) is 2.92. The number of rotatable bonds is 4. The summed E-state index contributed by atoms with van der Waals surface area (Å²) in [6.07, 6.45) is 6.05. The number of nitrogens with one attached hydrogen (secondary N) is 1. The van der Waals surface area contributed by atoms with E-state index in [9.17, 15) is 4.79 Å². The molecule has 0 radical (unpaired) electrons. The van der Waals surface area contributed by atoms with Gasteiger partial charge in [0.2, 0.25) is 0 Å². The summed E-state index contributed by atoms with van der Waals surface area (Å²) in [7, 11) is 0. The molecule has 0 bridgehead atoms. The normalized spacial score (nSPS) is 14.7. The molecular weight excluding hydrogens is 246 g/mol. The summed E-state index contributed by atoms with van der Waals surface area (Å²) >= 11 is 1.69. The van der Waals surface area contributed by atoms with Crippen LogP contribution in [0.5, 0.6) is 0 Å². The third-order valence-corrected chi connectivity index (χ3v) is 4.17. The van der Waals surface area contributed by atoms with Gasteiger partial charge >= 0.3 is 0 Å². The number of aromatic nitrogens is 2. The summed E-state index contributed by atoms with van der Waals surface area (Å²) in [5.74, 6) is 0.660. The molecule has 0 aromatic carbocycles. The van der Waals surface area contributed by atoms with Gasteiger partial charge in [0.05, 0.1) is 17.4 Å². The van der Waals surface area contributed by atoms with E-state index in [-0.39, 0.29) is 5.91 Å². The van der Waals surface area contributed by atoms with E-state index in [2.05, 4.69) is 10.4 Å². The Morgan fingerprint density at radius 1 is 1.61 bits per heavy atom. The first-order chi connectivity index (χ1) is 8.76. The SMILES string of the molecule is CCn1cc(NC(=O)c2csc(C3CC3)c2)cn1. The van der Waals surface area contributed by atoms with Gasteiger partial charge in [-0.05, 0) is 31.7 Å². The minimum absolute atomic E-state index is 0.0474. The lowest BCUT2D eigenvalue weighted by atomic mass is 10.2. The molecule has 2 heterocycles. The molecule has 1 aliphatic rings. The Bertz CT molecular complexity index is 568. The molecule has 94 valence electrons. The number of carbonyl (C=O) groups excluding carboxylic acids is 1. The van der Waals surface area contributed by atoms with Gasteiger partial charge < -0.3 is 5.32 Å². The molecule has 1 saturated carbocycles. The van der Waals surface area contributed by atoms with E-state index in [1.54, 1.807) is 22.2 Å². The van der Waals surface area contributed by atoms with Crippen LogP contribution in [0.25, 0.3) is 0 Å². The zero-order chi connectivity index (χ0) is 12.5. The second kappa shape index (κ2) is 4.57. The van der Waals surface area contributed by atoms with Gasteiger partial charge in [-0.15, -0.1) is 11.3 Å². The van der Waals surface area contributed by atoms with Gasteiger partial charge in [0.15, 0.2) is 0 Å². The van der Waals surface area contributed by atoms with Crippen LogP contribution >= 0.6 is 11.3 Å². The third kappa shape index (κ3) is 2.31. The fourth-order valence-electron chi connectivity index (χ4n) is 1.86. The molecule has 2 aromatic rings. The number of aryl methyl sites for hydroxylation is 1. The zero-order valence-corrected chi connectivity index (χ0v) is 11.0. The number of carbonyl (C=O) groups is 1. The molecule has 0 unspecified atom stereocenters. The van der Waals surface area contributed by atoms with Crippen LogP contribution < -0.4 is 5.32 Å². The van der Waals surface area contributed by atoms with Crippen LogP contribution in [0.2, 0.25) is 0 Å². The largest absolute Gasteiger partial charge is 0.319 e. The van der Waals surface area contributed by atoms with Gasteiger partial charge in [0.1, 0.15) is 0 Å². The van der Waals surface area contributed by atoms with E-state index in [0.29, 0.717) is 5.92 Å². The van der Waals surface area contributed by atoms with Crippen LogP contribution in [0, 0.1) is 0 Å².